The highest BCUT2D eigenvalue weighted by Crippen LogP contribution is 2.20. The van der Waals surface area contributed by atoms with Crippen molar-refractivity contribution in [3.63, 3.8) is 0 Å². The van der Waals surface area contributed by atoms with Gasteiger partial charge in [0.05, 0.1) is 28.6 Å². The third kappa shape index (κ3) is 3.51. The molecular weight excluding hydrogens is 362 g/mol. The number of imidazole rings is 2. The molecule has 4 rings (SSSR count). The van der Waals surface area contributed by atoms with Crippen LogP contribution in [-0.2, 0) is 13.1 Å². The van der Waals surface area contributed by atoms with Gasteiger partial charge in [0.1, 0.15) is 5.82 Å². The van der Waals surface area contributed by atoms with E-state index >= 15 is 0 Å². The molecule has 2 heterocycles. The summed E-state index contributed by atoms with van der Waals surface area (Å²) in [4.78, 5) is 20.2. The smallest absolute Gasteiger partial charge is 0.326 e. The quantitative estimate of drug-likeness (QED) is 0.485. The highest BCUT2D eigenvalue weighted by atomic mass is 16.1. The molecule has 0 amide bonds. The number of aromatic nitrogens is 4. The van der Waals surface area contributed by atoms with Crippen LogP contribution in [0.1, 0.15) is 19.2 Å². The van der Waals surface area contributed by atoms with E-state index in [4.69, 9.17) is 4.98 Å². The van der Waals surface area contributed by atoms with E-state index < -0.39 is 0 Å². The summed E-state index contributed by atoms with van der Waals surface area (Å²) in [6.45, 7) is 8.14. The lowest BCUT2D eigenvalue weighted by Gasteiger charge is -2.13. The van der Waals surface area contributed by atoms with E-state index in [0.29, 0.717) is 12.2 Å². The number of aryl methyl sites for hydroxylation is 1. The van der Waals surface area contributed by atoms with Crippen molar-refractivity contribution < 1.29 is 0 Å². The standard InChI is InChI=1S/C23H27N5O/c1-17(2)28-21-13-8-7-12-20(21)27(23(28)29)16-22-24-18-10-5-6-11-19(18)26(22)15-9-14-25(3)4/h5-8,10-13H,1,9,14-16H2,2-4H3. The lowest BCUT2D eigenvalue weighted by Crippen LogP contribution is -2.25. The zero-order valence-corrected chi connectivity index (χ0v) is 17.3. The van der Waals surface area contributed by atoms with Crippen LogP contribution < -0.4 is 5.69 Å². The summed E-state index contributed by atoms with van der Waals surface area (Å²) < 4.78 is 5.72. The zero-order chi connectivity index (χ0) is 20.5. The predicted molar refractivity (Wildman–Crippen MR) is 119 cm³/mol. The Morgan fingerprint density at radius 3 is 2.34 bits per heavy atom. The number of para-hydroxylation sites is 4. The molecule has 0 bridgehead atoms. The van der Waals surface area contributed by atoms with Gasteiger partial charge in [-0.05, 0) is 58.3 Å². The van der Waals surface area contributed by atoms with E-state index in [2.05, 4.69) is 36.2 Å². The number of fused-ring (bicyclic) bond motifs is 2. The summed E-state index contributed by atoms with van der Waals surface area (Å²) in [5.74, 6) is 0.900. The van der Waals surface area contributed by atoms with Crippen LogP contribution in [0, 0.1) is 0 Å². The second-order valence-corrected chi connectivity index (χ2v) is 7.75. The Morgan fingerprint density at radius 2 is 1.66 bits per heavy atom. The average molecular weight is 390 g/mol. The van der Waals surface area contributed by atoms with Gasteiger partial charge in [-0.1, -0.05) is 30.8 Å². The highest BCUT2D eigenvalue weighted by Gasteiger charge is 2.17. The number of rotatable bonds is 7. The Bertz CT molecular complexity index is 1240. The van der Waals surface area contributed by atoms with Crippen molar-refractivity contribution in [1.82, 2.24) is 23.6 Å². The number of hydrogen-bond donors (Lipinski definition) is 0. The Labute approximate surface area is 170 Å². The molecule has 0 atom stereocenters. The van der Waals surface area contributed by atoms with Crippen molar-refractivity contribution in [2.24, 2.45) is 0 Å². The molecule has 4 aromatic rings. The van der Waals surface area contributed by atoms with Gasteiger partial charge >= 0.3 is 5.69 Å². The summed E-state index contributed by atoms with van der Waals surface area (Å²) in [5, 5.41) is 0. The molecule has 0 aliphatic heterocycles. The molecule has 2 aromatic carbocycles. The molecule has 0 aliphatic carbocycles. The number of nitrogens with zero attached hydrogens (tertiary/aromatic N) is 5. The van der Waals surface area contributed by atoms with E-state index in [0.717, 1.165) is 47.4 Å². The Morgan fingerprint density at radius 1 is 1.00 bits per heavy atom. The monoisotopic (exact) mass is 389 g/mol. The second kappa shape index (κ2) is 7.72. The van der Waals surface area contributed by atoms with Gasteiger partial charge in [0.25, 0.3) is 0 Å². The third-order valence-electron chi connectivity index (χ3n) is 5.24. The zero-order valence-electron chi connectivity index (χ0n) is 17.3. The Balaban J connectivity index is 1.82. The van der Waals surface area contributed by atoms with Crippen molar-refractivity contribution >= 4 is 27.8 Å². The third-order valence-corrected chi connectivity index (χ3v) is 5.24. The lowest BCUT2D eigenvalue weighted by atomic mass is 10.3. The summed E-state index contributed by atoms with van der Waals surface area (Å²) in [6.07, 6.45) is 1.02. The minimum absolute atomic E-state index is 0.0782. The van der Waals surface area contributed by atoms with Crippen LogP contribution in [0.15, 0.2) is 59.9 Å². The van der Waals surface area contributed by atoms with E-state index in [1.54, 1.807) is 9.13 Å². The van der Waals surface area contributed by atoms with Crippen LogP contribution in [0.4, 0.5) is 0 Å². The van der Waals surface area contributed by atoms with Crippen molar-refractivity contribution in [1.29, 1.82) is 0 Å². The molecule has 2 aromatic heterocycles. The number of allylic oxidation sites excluding steroid dienone is 1. The van der Waals surface area contributed by atoms with Gasteiger partial charge < -0.3 is 9.47 Å². The maximum atomic E-state index is 13.2. The molecule has 6 heteroatoms. The van der Waals surface area contributed by atoms with E-state index in [1.165, 1.54) is 0 Å². The van der Waals surface area contributed by atoms with E-state index in [1.807, 2.05) is 49.4 Å². The topological polar surface area (TPSA) is 48.0 Å². The van der Waals surface area contributed by atoms with Crippen LogP contribution in [0.25, 0.3) is 27.8 Å². The van der Waals surface area contributed by atoms with Crippen LogP contribution >= 0.6 is 0 Å². The molecule has 29 heavy (non-hydrogen) atoms. The van der Waals surface area contributed by atoms with Crippen molar-refractivity contribution in [2.75, 3.05) is 20.6 Å². The fourth-order valence-electron chi connectivity index (χ4n) is 3.91. The normalized spacial score (nSPS) is 11.7. The summed E-state index contributed by atoms with van der Waals surface area (Å²) >= 11 is 0. The van der Waals surface area contributed by atoms with E-state index in [9.17, 15) is 4.79 Å². The van der Waals surface area contributed by atoms with Crippen molar-refractivity contribution in [3.8, 4) is 0 Å². The average Bonchev–Trinajstić information content (AvgIpc) is 3.17. The molecule has 0 unspecified atom stereocenters. The van der Waals surface area contributed by atoms with Gasteiger partial charge in [-0.15, -0.1) is 0 Å². The van der Waals surface area contributed by atoms with Gasteiger partial charge in [0.15, 0.2) is 0 Å². The maximum Gasteiger partial charge on any atom is 0.333 e. The number of benzene rings is 2. The first kappa shape index (κ1) is 19.2. The molecule has 0 fully saturated rings. The van der Waals surface area contributed by atoms with Gasteiger partial charge in [0, 0.05) is 12.2 Å². The fourth-order valence-corrected chi connectivity index (χ4v) is 3.91. The van der Waals surface area contributed by atoms with Crippen LogP contribution in [0.2, 0.25) is 0 Å². The van der Waals surface area contributed by atoms with Crippen molar-refractivity contribution in [2.45, 2.75) is 26.4 Å². The van der Waals surface area contributed by atoms with E-state index in [-0.39, 0.29) is 5.69 Å². The molecule has 0 N–H and O–H groups in total. The largest absolute Gasteiger partial charge is 0.333 e. The van der Waals surface area contributed by atoms with Gasteiger partial charge in [-0.25, -0.2) is 9.78 Å². The summed E-state index contributed by atoms with van der Waals surface area (Å²) in [6, 6.07) is 16.0. The molecule has 0 spiro atoms. The molecule has 6 nitrogen and oxygen atoms in total. The minimum atomic E-state index is -0.0782. The molecule has 0 aliphatic rings. The first-order valence-electron chi connectivity index (χ1n) is 9.92. The Kier molecular flexibility index (Phi) is 5.11. The molecule has 0 saturated heterocycles. The van der Waals surface area contributed by atoms with Crippen LogP contribution in [-0.4, -0.2) is 44.2 Å². The Hall–Kier alpha value is -3.12. The minimum Gasteiger partial charge on any atom is -0.326 e. The lowest BCUT2D eigenvalue weighted by molar-refractivity contribution is 0.385. The van der Waals surface area contributed by atoms with Gasteiger partial charge in [-0.2, -0.15) is 0 Å². The first-order valence-corrected chi connectivity index (χ1v) is 9.92. The highest BCUT2D eigenvalue weighted by molar-refractivity contribution is 5.80. The fraction of sp³-hybridized carbons (Fsp3) is 0.304. The molecule has 0 saturated carbocycles. The second-order valence-electron chi connectivity index (χ2n) is 7.75. The van der Waals surface area contributed by atoms with Gasteiger partial charge in [-0.3, -0.25) is 9.13 Å². The molecular formula is C23H27N5O. The summed E-state index contributed by atoms with van der Waals surface area (Å²) in [7, 11) is 4.16. The van der Waals surface area contributed by atoms with Gasteiger partial charge in [0.2, 0.25) is 0 Å². The van der Waals surface area contributed by atoms with Crippen LogP contribution in [0.5, 0.6) is 0 Å². The molecule has 150 valence electrons. The predicted octanol–water partition coefficient (Wildman–Crippen LogP) is 3.64. The molecule has 0 radical (unpaired) electrons. The number of hydrogen-bond acceptors (Lipinski definition) is 3. The first-order chi connectivity index (χ1) is 14.0. The van der Waals surface area contributed by atoms with Crippen molar-refractivity contribution in [3.05, 3.63) is 71.4 Å². The summed E-state index contributed by atoms with van der Waals surface area (Å²) in [5.41, 5.74) is 4.48. The maximum absolute atomic E-state index is 13.2. The SMILES string of the molecule is C=C(C)n1c(=O)n(Cc2nc3ccccc3n2CCCN(C)C)c2ccccc21. The van der Waals surface area contributed by atoms with Crippen LogP contribution in [0.3, 0.4) is 0 Å².